The molecule has 0 aliphatic rings. The van der Waals surface area contributed by atoms with Crippen LogP contribution >= 0.6 is 0 Å². The maximum absolute atomic E-state index is 12.9. The smallest absolute Gasteiger partial charge is 0.130 e. The van der Waals surface area contributed by atoms with Crippen LogP contribution < -0.4 is 5.32 Å². The summed E-state index contributed by atoms with van der Waals surface area (Å²) < 4.78 is 12.9. The SMILES string of the molecule is Cc1ccnc(Nc2ccc(F)cc2C)c1. The monoisotopic (exact) mass is 216 g/mol. The van der Waals surface area contributed by atoms with E-state index in [0.29, 0.717) is 0 Å². The van der Waals surface area contributed by atoms with E-state index in [4.69, 9.17) is 0 Å². The highest BCUT2D eigenvalue weighted by atomic mass is 19.1. The van der Waals surface area contributed by atoms with Gasteiger partial charge in [-0.25, -0.2) is 9.37 Å². The minimum atomic E-state index is -0.222. The van der Waals surface area contributed by atoms with Crippen LogP contribution in [0.4, 0.5) is 15.9 Å². The molecule has 0 saturated heterocycles. The van der Waals surface area contributed by atoms with Crippen LogP contribution in [-0.4, -0.2) is 4.98 Å². The number of benzene rings is 1. The van der Waals surface area contributed by atoms with Crippen LogP contribution in [0.3, 0.4) is 0 Å². The summed E-state index contributed by atoms with van der Waals surface area (Å²) in [6.07, 6.45) is 1.75. The second kappa shape index (κ2) is 4.31. The molecule has 82 valence electrons. The van der Waals surface area contributed by atoms with Crippen molar-refractivity contribution in [1.29, 1.82) is 0 Å². The standard InChI is InChI=1S/C13H13FN2/c1-9-5-6-15-13(7-9)16-12-4-3-11(14)8-10(12)2/h3-8H,1-2H3,(H,15,16). The normalized spacial score (nSPS) is 10.2. The molecular formula is C13H13FN2. The van der Waals surface area contributed by atoms with Gasteiger partial charge in [0.05, 0.1) is 0 Å². The van der Waals surface area contributed by atoms with Gasteiger partial charge in [-0.15, -0.1) is 0 Å². The molecule has 2 aromatic rings. The average molecular weight is 216 g/mol. The van der Waals surface area contributed by atoms with E-state index in [1.165, 1.54) is 12.1 Å². The fraction of sp³-hybridized carbons (Fsp3) is 0.154. The molecule has 16 heavy (non-hydrogen) atoms. The van der Waals surface area contributed by atoms with E-state index in [0.717, 1.165) is 22.6 Å². The largest absolute Gasteiger partial charge is 0.340 e. The molecular weight excluding hydrogens is 203 g/mol. The summed E-state index contributed by atoms with van der Waals surface area (Å²) in [5.74, 6) is 0.551. The zero-order chi connectivity index (χ0) is 11.5. The third-order valence-corrected chi connectivity index (χ3v) is 2.37. The van der Waals surface area contributed by atoms with Gasteiger partial charge in [-0.05, 0) is 55.3 Å². The third-order valence-electron chi connectivity index (χ3n) is 2.37. The summed E-state index contributed by atoms with van der Waals surface area (Å²) in [5, 5.41) is 3.16. The van der Waals surface area contributed by atoms with Crippen molar-refractivity contribution in [3.63, 3.8) is 0 Å². The van der Waals surface area contributed by atoms with Crippen molar-refractivity contribution in [2.45, 2.75) is 13.8 Å². The highest BCUT2D eigenvalue weighted by molar-refractivity contribution is 5.60. The van der Waals surface area contributed by atoms with Gasteiger partial charge >= 0.3 is 0 Å². The van der Waals surface area contributed by atoms with Gasteiger partial charge in [-0.1, -0.05) is 0 Å². The van der Waals surface area contributed by atoms with E-state index in [1.54, 1.807) is 12.3 Å². The van der Waals surface area contributed by atoms with Crippen molar-refractivity contribution in [3.05, 3.63) is 53.5 Å². The highest BCUT2D eigenvalue weighted by Gasteiger charge is 2.01. The first-order valence-electron chi connectivity index (χ1n) is 5.11. The van der Waals surface area contributed by atoms with Gasteiger partial charge in [0.15, 0.2) is 0 Å². The van der Waals surface area contributed by atoms with Crippen LogP contribution in [0, 0.1) is 19.7 Å². The van der Waals surface area contributed by atoms with Gasteiger partial charge in [0.25, 0.3) is 0 Å². The Kier molecular flexibility index (Phi) is 2.86. The molecule has 3 heteroatoms. The van der Waals surface area contributed by atoms with E-state index >= 15 is 0 Å². The summed E-state index contributed by atoms with van der Waals surface area (Å²) in [6, 6.07) is 8.53. The van der Waals surface area contributed by atoms with Crippen molar-refractivity contribution >= 4 is 11.5 Å². The molecule has 0 fully saturated rings. The minimum absolute atomic E-state index is 0.222. The first-order valence-corrected chi connectivity index (χ1v) is 5.11. The zero-order valence-electron chi connectivity index (χ0n) is 9.29. The Bertz CT molecular complexity index is 509. The van der Waals surface area contributed by atoms with Crippen molar-refractivity contribution in [2.24, 2.45) is 0 Å². The topological polar surface area (TPSA) is 24.9 Å². The van der Waals surface area contributed by atoms with E-state index in [-0.39, 0.29) is 5.82 Å². The van der Waals surface area contributed by atoms with Crippen LogP contribution in [-0.2, 0) is 0 Å². The lowest BCUT2D eigenvalue weighted by Gasteiger charge is -2.08. The number of nitrogens with zero attached hydrogens (tertiary/aromatic N) is 1. The van der Waals surface area contributed by atoms with E-state index in [9.17, 15) is 4.39 Å². The van der Waals surface area contributed by atoms with E-state index in [1.807, 2.05) is 26.0 Å². The predicted octanol–water partition coefficient (Wildman–Crippen LogP) is 3.58. The van der Waals surface area contributed by atoms with Crippen LogP contribution in [0.25, 0.3) is 0 Å². The molecule has 0 radical (unpaired) electrons. The molecule has 0 aliphatic carbocycles. The Morgan fingerprint density at radius 2 is 1.94 bits per heavy atom. The fourth-order valence-corrected chi connectivity index (χ4v) is 1.51. The Labute approximate surface area is 94.2 Å². The number of rotatable bonds is 2. The Hall–Kier alpha value is -1.90. The Morgan fingerprint density at radius 1 is 1.12 bits per heavy atom. The molecule has 0 saturated carbocycles. The summed E-state index contributed by atoms with van der Waals surface area (Å²) >= 11 is 0. The second-order valence-electron chi connectivity index (χ2n) is 3.80. The Balaban J connectivity index is 2.27. The van der Waals surface area contributed by atoms with Crippen molar-refractivity contribution in [1.82, 2.24) is 4.98 Å². The molecule has 2 rings (SSSR count). The van der Waals surface area contributed by atoms with Gasteiger partial charge in [-0.2, -0.15) is 0 Å². The maximum atomic E-state index is 12.9. The fourth-order valence-electron chi connectivity index (χ4n) is 1.51. The van der Waals surface area contributed by atoms with Gasteiger partial charge in [0, 0.05) is 11.9 Å². The number of anilines is 2. The van der Waals surface area contributed by atoms with Gasteiger partial charge in [0.1, 0.15) is 11.6 Å². The second-order valence-corrected chi connectivity index (χ2v) is 3.80. The minimum Gasteiger partial charge on any atom is -0.340 e. The van der Waals surface area contributed by atoms with Gasteiger partial charge in [0.2, 0.25) is 0 Å². The van der Waals surface area contributed by atoms with E-state index < -0.39 is 0 Å². The third kappa shape index (κ3) is 2.37. The molecule has 1 aromatic heterocycles. The number of aryl methyl sites for hydroxylation is 2. The van der Waals surface area contributed by atoms with Crippen LogP contribution in [0.2, 0.25) is 0 Å². The first kappa shape index (κ1) is 10.6. The van der Waals surface area contributed by atoms with Crippen molar-refractivity contribution < 1.29 is 4.39 Å². The average Bonchev–Trinajstić information content (AvgIpc) is 2.22. The predicted molar refractivity (Wildman–Crippen MR) is 63.4 cm³/mol. The number of pyridine rings is 1. The van der Waals surface area contributed by atoms with Crippen LogP contribution in [0.15, 0.2) is 36.5 Å². The van der Waals surface area contributed by atoms with Crippen LogP contribution in [0.5, 0.6) is 0 Å². The summed E-state index contributed by atoms with van der Waals surface area (Å²) in [6.45, 7) is 3.87. The quantitative estimate of drug-likeness (QED) is 0.829. The Morgan fingerprint density at radius 3 is 2.62 bits per heavy atom. The molecule has 0 unspecified atom stereocenters. The zero-order valence-corrected chi connectivity index (χ0v) is 9.29. The summed E-state index contributed by atoms with van der Waals surface area (Å²) in [5.41, 5.74) is 2.88. The first-order chi connectivity index (χ1) is 7.65. The molecule has 0 aliphatic heterocycles. The molecule has 1 heterocycles. The van der Waals surface area contributed by atoms with Crippen LogP contribution in [0.1, 0.15) is 11.1 Å². The summed E-state index contributed by atoms with van der Waals surface area (Å²) in [4.78, 5) is 4.19. The molecule has 1 N–H and O–H groups in total. The molecule has 0 amide bonds. The van der Waals surface area contributed by atoms with Gasteiger partial charge < -0.3 is 5.32 Å². The number of halogens is 1. The highest BCUT2D eigenvalue weighted by Crippen LogP contribution is 2.20. The number of aromatic nitrogens is 1. The maximum Gasteiger partial charge on any atom is 0.130 e. The molecule has 2 nitrogen and oxygen atoms in total. The van der Waals surface area contributed by atoms with Gasteiger partial charge in [-0.3, -0.25) is 0 Å². The summed E-state index contributed by atoms with van der Waals surface area (Å²) in [7, 11) is 0. The number of hydrogen-bond donors (Lipinski definition) is 1. The lowest BCUT2D eigenvalue weighted by Crippen LogP contribution is -1.96. The molecule has 1 aromatic carbocycles. The van der Waals surface area contributed by atoms with Crippen molar-refractivity contribution in [2.75, 3.05) is 5.32 Å². The number of nitrogens with one attached hydrogen (secondary N) is 1. The lowest BCUT2D eigenvalue weighted by molar-refractivity contribution is 0.627. The number of hydrogen-bond acceptors (Lipinski definition) is 2. The molecule has 0 spiro atoms. The molecule has 0 atom stereocenters. The van der Waals surface area contributed by atoms with Crippen molar-refractivity contribution in [3.8, 4) is 0 Å². The molecule has 0 bridgehead atoms. The lowest BCUT2D eigenvalue weighted by atomic mass is 10.2. The van der Waals surface area contributed by atoms with E-state index in [2.05, 4.69) is 10.3 Å².